The molecule has 0 aromatic carbocycles. The average molecular weight is 381 g/mol. The van der Waals surface area contributed by atoms with Gasteiger partial charge in [0.05, 0.1) is 13.2 Å². The van der Waals surface area contributed by atoms with Gasteiger partial charge in [-0.1, -0.05) is 32.4 Å². The summed E-state index contributed by atoms with van der Waals surface area (Å²) in [6.07, 6.45) is 8.89. The number of fused-ring (bicyclic) bond motifs is 1. The maximum Gasteiger partial charge on any atom is 0.305 e. The summed E-state index contributed by atoms with van der Waals surface area (Å²) in [5.74, 6) is 0.911. The second-order valence-electron chi connectivity index (χ2n) is 9.53. The smallest absolute Gasteiger partial charge is 0.305 e. The predicted molar refractivity (Wildman–Crippen MR) is 106 cm³/mol. The number of allylic oxidation sites excluding steroid dienone is 2. The molecule has 2 fully saturated rings. The van der Waals surface area contributed by atoms with Gasteiger partial charge in [0.1, 0.15) is 6.29 Å². The van der Waals surface area contributed by atoms with Crippen molar-refractivity contribution in [3.05, 3.63) is 11.6 Å². The van der Waals surface area contributed by atoms with E-state index in [0.29, 0.717) is 18.3 Å². The molecule has 0 aromatic heterocycles. The summed E-state index contributed by atoms with van der Waals surface area (Å²) in [6.45, 7) is 11.3. The summed E-state index contributed by atoms with van der Waals surface area (Å²) in [5, 5.41) is 0.169. The zero-order valence-corrected chi connectivity index (χ0v) is 18.3. The molecule has 0 radical (unpaired) electrons. The van der Waals surface area contributed by atoms with Crippen molar-refractivity contribution < 1.29 is 18.8 Å². The van der Waals surface area contributed by atoms with Gasteiger partial charge >= 0.3 is 5.97 Å². The van der Waals surface area contributed by atoms with Gasteiger partial charge in [-0.3, -0.25) is 4.79 Å². The van der Waals surface area contributed by atoms with Gasteiger partial charge in [-0.25, -0.2) is 0 Å². The first-order chi connectivity index (χ1) is 12.1. The zero-order valence-electron chi connectivity index (χ0n) is 17.3. The van der Waals surface area contributed by atoms with Crippen LogP contribution in [0.25, 0.3) is 0 Å². The lowest BCUT2D eigenvalue weighted by molar-refractivity contribution is -0.140. The summed E-state index contributed by atoms with van der Waals surface area (Å²) in [7, 11) is -0.419. The van der Waals surface area contributed by atoms with Crippen LogP contribution >= 0.6 is 0 Å². The van der Waals surface area contributed by atoms with E-state index in [2.05, 4.69) is 44.7 Å². The SMILES string of the molecule is COC(=O)CCCC=C1C[C@@H]2CC(O[Si](C)(C)C(C)(C)C)C(C=O)[C@@H]2C1. The lowest BCUT2D eigenvalue weighted by Gasteiger charge is -2.39. The maximum absolute atomic E-state index is 11.8. The second kappa shape index (κ2) is 8.38. The third-order valence-corrected chi connectivity index (χ3v) is 11.2. The van der Waals surface area contributed by atoms with E-state index in [1.54, 1.807) is 0 Å². The Hall–Kier alpha value is -0.943. The summed E-state index contributed by atoms with van der Waals surface area (Å²) in [6, 6.07) is 0. The molecule has 0 aromatic rings. The van der Waals surface area contributed by atoms with Gasteiger partial charge in [-0.15, -0.1) is 0 Å². The fourth-order valence-corrected chi connectivity index (χ4v) is 5.54. The van der Waals surface area contributed by atoms with Crippen LogP contribution in [0.2, 0.25) is 18.1 Å². The van der Waals surface area contributed by atoms with Crippen molar-refractivity contribution in [2.75, 3.05) is 7.11 Å². The number of methoxy groups -OCH3 is 1. The normalized spacial score (nSPS) is 30.5. The van der Waals surface area contributed by atoms with Gasteiger partial charge in [0.15, 0.2) is 8.32 Å². The molecule has 148 valence electrons. The predicted octanol–water partition coefficient (Wildman–Crippen LogP) is 4.89. The molecule has 0 bridgehead atoms. The first kappa shape index (κ1) is 21.4. The van der Waals surface area contributed by atoms with Gasteiger partial charge in [0, 0.05) is 12.3 Å². The highest BCUT2D eigenvalue weighted by Gasteiger charge is 2.50. The van der Waals surface area contributed by atoms with Crippen LogP contribution in [0.3, 0.4) is 0 Å². The van der Waals surface area contributed by atoms with Crippen LogP contribution in [0.1, 0.15) is 59.3 Å². The summed E-state index contributed by atoms with van der Waals surface area (Å²) < 4.78 is 11.3. The lowest BCUT2D eigenvalue weighted by Crippen LogP contribution is -2.45. The third kappa shape index (κ3) is 4.86. The van der Waals surface area contributed by atoms with Gasteiger partial charge in [0.2, 0.25) is 0 Å². The minimum atomic E-state index is -1.85. The second-order valence-corrected chi connectivity index (χ2v) is 14.3. The van der Waals surface area contributed by atoms with Gasteiger partial charge in [-0.05, 0) is 62.1 Å². The van der Waals surface area contributed by atoms with Crippen molar-refractivity contribution in [3.63, 3.8) is 0 Å². The van der Waals surface area contributed by atoms with E-state index in [0.717, 1.165) is 38.4 Å². The van der Waals surface area contributed by atoms with Crippen LogP contribution in [-0.2, 0) is 18.8 Å². The fraction of sp³-hybridized carbons (Fsp3) is 0.810. The van der Waals surface area contributed by atoms with E-state index < -0.39 is 8.32 Å². The third-order valence-electron chi connectivity index (χ3n) is 6.74. The highest BCUT2D eigenvalue weighted by molar-refractivity contribution is 6.74. The number of unbranched alkanes of at least 4 members (excludes halogenated alkanes) is 1. The maximum atomic E-state index is 11.8. The Kier molecular flexibility index (Phi) is 6.89. The number of hydrogen-bond acceptors (Lipinski definition) is 4. The quantitative estimate of drug-likeness (QED) is 0.207. The van der Waals surface area contributed by atoms with Crippen LogP contribution in [0.15, 0.2) is 11.6 Å². The number of aldehydes is 1. The molecule has 0 saturated heterocycles. The van der Waals surface area contributed by atoms with E-state index in [-0.39, 0.29) is 23.0 Å². The van der Waals surface area contributed by atoms with Gasteiger partial charge in [0.25, 0.3) is 0 Å². The summed E-state index contributed by atoms with van der Waals surface area (Å²) in [4.78, 5) is 23.0. The molecule has 4 atom stereocenters. The molecule has 5 heteroatoms. The largest absolute Gasteiger partial charge is 0.469 e. The van der Waals surface area contributed by atoms with Crippen LogP contribution in [0.4, 0.5) is 0 Å². The Balaban J connectivity index is 1.92. The first-order valence-electron chi connectivity index (χ1n) is 9.97. The summed E-state index contributed by atoms with van der Waals surface area (Å²) in [5.41, 5.74) is 1.46. The number of ether oxygens (including phenoxy) is 1. The molecule has 2 rings (SSSR count). The van der Waals surface area contributed by atoms with E-state index >= 15 is 0 Å². The van der Waals surface area contributed by atoms with Gasteiger partial charge in [-0.2, -0.15) is 0 Å². The minimum Gasteiger partial charge on any atom is -0.469 e. The minimum absolute atomic E-state index is 0.0371. The van der Waals surface area contributed by atoms with Crippen molar-refractivity contribution >= 4 is 20.6 Å². The molecule has 26 heavy (non-hydrogen) atoms. The Morgan fingerprint density at radius 2 is 1.96 bits per heavy atom. The average Bonchev–Trinajstić information content (AvgIpc) is 3.06. The van der Waals surface area contributed by atoms with Crippen molar-refractivity contribution in [1.82, 2.24) is 0 Å². The molecule has 4 nitrogen and oxygen atoms in total. The Morgan fingerprint density at radius 1 is 1.27 bits per heavy atom. The number of esters is 1. The van der Waals surface area contributed by atoms with E-state index in [9.17, 15) is 9.59 Å². The van der Waals surface area contributed by atoms with Crippen molar-refractivity contribution in [2.45, 2.75) is 83.5 Å². The molecule has 0 amide bonds. The number of carbonyl (C=O) groups excluding carboxylic acids is 2. The zero-order chi connectivity index (χ0) is 19.5. The highest BCUT2D eigenvalue weighted by Crippen LogP contribution is 2.52. The van der Waals surface area contributed by atoms with Crippen LogP contribution in [0, 0.1) is 17.8 Å². The standard InChI is InChI=1S/C21H36O4Si/c1-21(2,3)26(5,6)25-19-13-16-11-15(12-17(16)18(19)14-22)9-7-8-10-20(23)24-4/h9,14,16-19H,7-8,10-13H2,1-6H3/t16-,17-,18?,19?/m1/s1. The monoisotopic (exact) mass is 380 g/mol. The van der Waals surface area contributed by atoms with Crippen LogP contribution in [-0.4, -0.2) is 33.8 Å². The molecule has 2 unspecified atom stereocenters. The van der Waals surface area contributed by atoms with Crippen molar-refractivity contribution in [3.8, 4) is 0 Å². The molecule has 2 aliphatic rings. The first-order valence-corrected chi connectivity index (χ1v) is 12.9. The van der Waals surface area contributed by atoms with E-state index in [1.807, 2.05) is 0 Å². The lowest BCUT2D eigenvalue weighted by atomic mass is 9.92. The van der Waals surface area contributed by atoms with Crippen LogP contribution in [0.5, 0.6) is 0 Å². The number of rotatable bonds is 7. The number of carbonyl (C=O) groups is 2. The van der Waals surface area contributed by atoms with Gasteiger partial charge < -0.3 is 14.0 Å². The molecule has 2 aliphatic carbocycles. The molecular formula is C21H36O4Si. The topological polar surface area (TPSA) is 52.6 Å². The molecule has 2 saturated carbocycles. The Bertz CT molecular complexity index is 547. The summed E-state index contributed by atoms with van der Waals surface area (Å²) >= 11 is 0. The van der Waals surface area contributed by atoms with Crippen LogP contribution < -0.4 is 0 Å². The Morgan fingerprint density at radius 3 is 2.54 bits per heavy atom. The molecular weight excluding hydrogens is 344 g/mol. The molecule has 0 heterocycles. The van der Waals surface area contributed by atoms with E-state index in [4.69, 9.17) is 4.43 Å². The molecule has 0 spiro atoms. The highest BCUT2D eigenvalue weighted by atomic mass is 28.4. The van der Waals surface area contributed by atoms with Crippen molar-refractivity contribution in [2.24, 2.45) is 17.8 Å². The molecule has 0 aliphatic heterocycles. The van der Waals surface area contributed by atoms with E-state index in [1.165, 1.54) is 12.7 Å². The fourth-order valence-electron chi connectivity index (χ4n) is 4.17. The Labute approximate surface area is 159 Å². The molecule has 0 N–H and O–H groups in total. The van der Waals surface area contributed by atoms with Crippen molar-refractivity contribution in [1.29, 1.82) is 0 Å². The number of hydrogen-bond donors (Lipinski definition) is 0.